The summed E-state index contributed by atoms with van der Waals surface area (Å²) in [5.74, 6) is -1.73. The van der Waals surface area contributed by atoms with Crippen LogP contribution in [0.3, 0.4) is 0 Å². The summed E-state index contributed by atoms with van der Waals surface area (Å²) in [5.41, 5.74) is 0.523. The summed E-state index contributed by atoms with van der Waals surface area (Å²) in [6.07, 6.45) is 2.75. The highest BCUT2D eigenvalue weighted by Crippen LogP contribution is 2.22. The molecule has 3 aromatic rings. The first-order valence-electron chi connectivity index (χ1n) is 9.58. The molecule has 32 heavy (non-hydrogen) atoms. The molecule has 0 aliphatic heterocycles. The Morgan fingerprint density at radius 1 is 0.750 bits per heavy atom. The fourth-order valence-corrected chi connectivity index (χ4v) is 2.60. The van der Waals surface area contributed by atoms with Crippen molar-refractivity contribution < 1.29 is 28.6 Å². The van der Waals surface area contributed by atoms with Crippen molar-refractivity contribution in [2.45, 2.75) is 13.8 Å². The lowest BCUT2D eigenvalue weighted by molar-refractivity contribution is 0.0510. The minimum atomic E-state index is -0.641. The van der Waals surface area contributed by atoms with Crippen LogP contribution < -0.4 is 0 Å². The molecule has 11 nitrogen and oxygen atoms in total. The Balaban J connectivity index is 2.11. The van der Waals surface area contributed by atoms with Crippen molar-refractivity contribution in [1.82, 2.24) is 24.9 Å². The van der Waals surface area contributed by atoms with Crippen LogP contribution in [0.1, 0.15) is 45.2 Å². The van der Waals surface area contributed by atoms with Crippen LogP contribution in [0.2, 0.25) is 0 Å². The van der Waals surface area contributed by atoms with Crippen molar-refractivity contribution >= 4 is 17.9 Å². The van der Waals surface area contributed by atoms with Crippen LogP contribution in [0, 0.1) is 0 Å². The monoisotopic (exact) mass is 437 g/mol. The van der Waals surface area contributed by atoms with Crippen LogP contribution in [0.15, 0.2) is 36.7 Å². The quantitative estimate of drug-likeness (QED) is 0.396. The minimum absolute atomic E-state index is 0.0317. The van der Waals surface area contributed by atoms with Crippen LogP contribution in [0.25, 0.3) is 23.0 Å². The number of carbonyl (C=O) groups excluding carboxylic acids is 3. The Labute approximate surface area is 182 Å². The van der Waals surface area contributed by atoms with Gasteiger partial charge in [0.05, 0.1) is 25.9 Å². The van der Waals surface area contributed by atoms with E-state index in [0.717, 1.165) is 0 Å². The average molecular weight is 437 g/mol. The highest BCUT2D eigenvalue weighted by Gasteiger charge is 2.18. The van der Waals surface area contributed by atoms with E-state index in [1.165, 1.54) is 43.8 Å². The van der Waals surface area contributed by atoms with Gasteiger partial charge in [0.2, 0.25) is 0 Å². The van der Waals surface area contributed by atoms with Gasteiger partial charge in [-0.3, -0.25) is 0 Å². The minimum Gasteiger partial charge on any atom is -0.465 e. The number of esters is 3. The smallest absolute Gasteiger partial charge is 0.357 e. The molecule has 3 rings (SSSR count). The van der Waals surface area contributed by atoms with Crippen molar-refractivity contribution in [2.24, 2.45) is 0 Å². The largest absolute Gasteiger partial charge is 0.465 e. The third-order valence-electron chi connectivity index (χ3n) is 3.98. The molecular formula is C21H19N5O6. The Hall–Kier alpha value is -4.28. The van der Waals surface area contributed by atoms with E-state index in [1.54, 1.807) is 13.8 Å². The van der Waals surface area contributed by atoms with E-state index in [4.69, 9.17) is 14.2 Å². The summed E-state index contributed by atoms with van der Waals surface area (Å²) < 4.78 is 14.7. The number of rotatable bonds is 7. The maximum atomic E-state index is 12.2. The van der Waals surface area contributed by atoms with E-state index in [0.29, 0.717) is 0 Å². The Kier molecular flexibility index (Phi) is 7.11. The topological polar surface area (TPSA) is 143 Å². The fraction of sp³-hybridized carbons (Fsp3) is 0.238. The molecule has 0 unspecified atom stereocenters. The Bertz CT molecular complexity index is 1090. The van der Waals surface area contributed by atoms with Crippen LogP contribution in [0.4, 0.5) is 0 Å². The first-order chi connectivity index (χ1) is 15.5. The van der Waals surface area contributed by atoms with Gasteiger partial charge in [-0.15, -0.1) is 0 Å². The molecule has 164 valence electrons. The zero-order chi connectivity index (χ0) is 23.1. The molecule has 0 aliphatic rings. The molecule has 0 spiro atoms. The highest BCUT2D eigenvalue weighted by molar-refractivity contribution is 5.92. The third kappa shape index (κ3) is 5.06. The van der Waals surface area contributed by atoms with Crippen LogP contribution in [0.5, 0.6) is 0 Å². The standard InChI is InChI=1S/C21H19N5O6/c1-4-31-20(28)13-6-8-22-17(25-13)15-10-12(19(27)30-3)11-16(24-15)18-23-9-7-14(26-18)21(29)32-5-2/h6-11H,4-5H2,1-3H3. The van der Waals surface area contributed by atoms with E-state index in [2.05, 4.69) is 24.9 Å². The number of aromatic nitrogens is 5. The summed E-state index contributed by atoms with van der Waals surface area (Å²) in [6, 6.07) is 5.63. The fourth-order valence-electron chi connectivity index (χ4n) is 2.60. The molecule has 0 amide bonds. The summed E-state index contributed by atoms with van der Waals surface area (Å²) in [5, 5.41) is 0. The van der Waals surface area contributed by atoms with Crippen molar-refractivity contribution in [3.05, 3.63) is 53.6 Å². The molecule has 0 bridgehead atoms. The number of hydrogen-bond donors (Lipinski definition) is 0. The van der Waals surface area contributed by atoms with Crippen LogP contribution in [-0.2, 0) is 14.2 Å². The van der Waals surface area contributed by atoms with E-state index in [9.17, 15) is 14.4 Å². The second-order valence-corrected chi connectivity index (χ2v) is 6.09. The summed E-state index contributed by atoms with van der Waals surface area (Å²) >= 11 is 0. The normalized spacial score (nSPS) is 10.3. The molecule has 0 aliphatic carbocycles. The number of ether oxygens (including phenoxy) is 3. The van der Waals surface area contributed by atoms with Gasteiger partial charge in [-0.2, -0.15) is 0 Å². The van der Waals surface area contributed by atoms with E-state index in [1.807, 2.05) is 0 Å². The number of methoxy groups -OCH3 is 1. The van der Waals surface area contributed by atoms with Gasteiger partial charge < -0.3 is 14.2 Å². The number of nitrogens with zero attached hydrogens (tertiary/aromatic N) is 5. The second kappa shape index (κ2) is 10.2. The molecular weight excluding hydrogens is 418 g/mol. The summed E-state index contributed by atoms with van der Waals surface area (Å²) in [6.45, 7) is 3.73. The van der Waals surface area contributed by atoms with Gasteiger partial charge in [0, 0.05) is 12.4 Å². The Morgan fingerprint density at radius 3 is 1.62 bits per heavy atom. The highest BCUT2D eigenvalue weighted by atomic mass is 16.5. The van der Waals surface area contributed by atoms with Crippen LogP contribution in [-0.4, -0.2) is 63.2 Å². The Morgan fingerprint density at radius 2 is 1.22 bits per heavy atom. The molecule has 3 aromatic heterocycles. The van der Waals surface area contributed by atoms with Gasteiger partial charge >= 0.3 is 17.9 Å². The lowest BCUT2D eigenvalue weighted by Gasteiger charge is -2.08. The predicted octanol–water partition coefficient (Wildman–Crippen LogP) is 2.14. The van der Waals surface area contributed by atoms with Crippen molar-refractivity contribution in [1.29, 1.82) is 0 Å². The molecule has 3 heterocycles. The second-order valence-electron chi connectivity index (χ2n) is 6.09. The molecule has 0 atom stereocenters. The molecule has 0 N–H and O–H groups in total. The van der Waals surface area contributed by atoms with Gasteiger partial charge in [0.15, 0.2) is 23.0 Å². The van der Waals surface area contributed by atoms with Gasteiger partial charge in [0.25, 0.3) is 0 Å². The summed E-state index contributed by atoms with van der Waals surface area (Å²) in [4.78, 5) is 57.3. The maximum Gasteiger partial charge on any atom is 0.357 e. The maximum absolute atomic E-state index is 12.2. The van der Waals surface area contributed by atoms with E-state index >= 15 is 0 Å². The lowest BCUT2D eigenvalue weighted by Crippen LogP contribution is -2.10. The van der Waals surface area contributed by atoms with Crippen molar-refractivity contribution in [3.8, 4) is 23.0 Å². The molecule has 0 saturated heterocycles. The molecule has 0 radical (unpaired) electrons. The first-order valence-corrected chi connectivity index (χ1v) is 9.58. The lowest BCUT2D eigenvalue weighted by atomic mass is 10.1. The van der Waals surface area contributed by atoms with E-state index in [-0.39, 0.29) is 53.2 Å². The zero-order valence-corrected chi connectivity index (χ0v) is 17.6. The predicted molar refractivity (Wildman–Crippen MR) is 110 cm³/mol. The first kappa shape index (κ1) is 22.4. The molecule has 0 aromatic carbocycles. The number of pyridine rings is 1. The third-order valence-corrected chi connectivity index (χ3v) is 3.98. The average Bonchev–Trinajstić information content (AvgIpc) is 2.83. The zero-order valence-electron chi connectivity index (χ0n) is 17.6. The molecule has 0 fully saturated rings. The molecule has 11 heteroatoms. The van der Waals surface area contributed by atoms with Gasteiger partial charge in [-0.25, -0.2) is 39.3 Å². The van der Waals surface area contributed by atoms with Crippen molar-refractivity contribution in [3.63, 3.8) is 0 Å². The van der Waals surface area contributed by atoms with Gasteiger partial charge in [0.1, 0.15) is 11.4 Å². The summed E-state index contributed by atoms with van der Waals surface area (Å²) in [7, 11) is 1.23. The number of hydrogen-bond acceptors (Lipinski definition) is 11. The van der Waals surface area contributed by atoms with Gasteiger partial charge in [-0.05, 0) is 38.1 Å². The van der Waals surface area contributed by atoms with E-state index < -0.39 is 17.9 Å². The SMILES string of the molecule is CCOC(=O)c1ccnc(-c2cc(C(=O)OC)cc(-c3nccc(C(=O)OCC)n3)n2)n1. The number of carbonyl (C=O) groups is 3. The van der Waals surface area contributed by atoms with Gasteiger partial charge in [-0.1, -0.05) is 0 Å². The van der Waals surface area contributed by atoms with Crippen molar-refractivity contribution in [2.75, 3.05) is 20.3 Å². The van der Waals surface area contributed by atoms with Crippen LogP contribution >= 0.6 is 0 Å². The molecule has 0 saturated carbocycles.